The minimum Gasteiger partial charge on any atom is -0.399 e. The summed E-state index contributed by atoms with van der Waals surface area (Å²) in [4.78, 5) is 2.08. The van der Waals surface area contributed by atoms with Gasteiger partial charge in [-0.25, -0.2) is 0 Å². The van der Waals surface area contributed by atoms with Crippen LogP contribution in [0.25, 0.3) is 0 Å². The van der Waals surface area contributed by atoms with Crippen molar-refractivity contribution in [2.24, 2.45) is 7.05 Å². The second-order valence-corrected chi connectivity index (χ2v) is 3.81. The fourth-order valence-electron chi connectivity index (χ4n) is 1.52. The van der Waals surface area contributed by atoms with Crippen LogP contribution in [0.4, 0.5) is 11.4 Å². The molecule has 0 aliphatic heterocycles. The molecule has 0 amide bonds. The maximum atomic E-state index is 5.74. The first-order valence-corrected chi connectivity index (χ1v) is 5.06. The van der Waals surface area contributed by atoms with E-state index < -0.39 is 0 Å². The van der Waals surface area contributed by atoms with E-state index in [0.29, 0.717) is 6.54 Å². The number of aromatic nitrogens is 3. The molecule has 0 radical (unpaired) electrons. The van der Waals surface area contributed by atoms with Crippen molar-refractivity contribution >= 4 is 11.4 Å². The van der Waals surface area contributed by atoms with Gasteiger partial charge in [0, 0.05) is 25.5 Å². The summed E-state index contributed by atoms with van der Waals surface area (Å²) in [6, 6.07) is 7.78. The zero-order valence-electron chi connectivity index (χ0n) is 9.46. The average Bonchev–Trinajstić information content (AvgIpc) is 2.64. The third-order valence-electron chi connectivity index (χ3n) is 2.49. The molecular formula is C11H15N5. The number of hydrogen-bond acceptors (Lipinski definition) is 4. The minimum absolute atomic E-state index is 0.708. The SMILES string of the molecule is CN(Cc1nncn1C)c1cccc(N)c1. The maximum absolute atomic E-state index is 5.74. The molecule has 5 nitrogen and oxygen atoms in total. The smallest absolute Gasteiger partial charge is 0.152 e. The van der Waals surface area contributed by atoms with E-state index in [4.69, 9.17) is 5.73 Å². The van der Waals surface area contributed by atoms with Gasteiger partial charge in [-0.15, -0.1) is 10.2 Å². The summed E-state index contributed by atoms with van der Waals surface area (Å²) >= 11 is 0. The lowest BCUT2D eigenvalue weighted by atomic mass is 10.2. The van der Waals surface area contributed by atoms with Gasteiger partial charge in [0.05, 0.1) is 6.54 Å². The summed E-state index contributed by atoms with van der Waals surface area (Å²) in [5.41, 5.74) is 7.58. The van der Waals surface area contributed by atoms with Crippen molar-refractivity contribution < 1.29 is 0 Å². The predicted molar refractivity (Wildman–Crippen MR) is 64.0 cm³/mol. The van der Waals surface area contributed by atoms with Crippen molar-refractivity contribution in [3.63, 3.8) is 0 Å². The molecule has 0 bridgehead atoms. The number of nitrogens with zero attached hydrogens (tertiary/aromatic N) is 4. The Morgan fingerprint density at radius 1 is 1.44 bits per heavy atom. The molecule has 0 aliphatic rings. The summed E-state index contributed by atoms with van der Waals surface area (Å²) < 4.78 is 1.91. The second-order valence-electron chi connectivity index (χ2n) is 3.81. The molecule has 0 saturated heterocycles. The van der Waals surface area contributed by atoms with Gasteiger partial charge < -0.3 is 15.2 Å². The summed E-state index contributed by atoms with van der Waals surface area (Å²) in [7, 11) is 3.94. The highest BCUT2D eigenvalue weighted by Crippen LogP contribution is 2.17. The lowest BCUT2D eigenvalue weighted by Crippen LogP contribution is -2.19. The van der Waals surface area contributed by atoms with E-state index in [9.17, 15) is 0 Å². The Labute approximate surface area is 94.5 Å². The van der Waals surface area contributed by atoms with Gasteiger partial charge in [-0.3, -0.25) is 0 Å². The van der Waals surface area contributed by atoms with Gasteiger partial charge in [-0.05, 0) is 18.2 Å². The number of nitrogen functional groups attached to an aromatic ring is 1. The molecule has 0 saturated carbocycles. The van der Waals surface area contributed by atoms with E-state index >= 15 is 0 Å². The summed E-state index contributed by atoms with van der Waals surface area (Å²) in [5.74, 6) is 0.921. The molecule has 84 valence electrons. The number of benzene rings is 1. The summed E-state index contributed by atoms with van der Waals surface area (Å²) in [6.45, 7) is 0.708. The lowest BCUT2D eigenvalue weighted by molar-refractivity contribution is 0.760. The number of aryl methyl sites for hydroxylation is 1. The molecule has 0 unspecified atom stereocenters. The Hall–Kier alpha value is -2.04. The molecule has 5 heteroatoms. The largest absolute Gasteiger partial charge is 0.399 e. The van der Waals surface area contributed by atoms with Crippen LogP contribution < -0.4 is 10.6 Å². The molecule has 2 N–H and O–H groups in total. The van der Waals surface area contributed by atoms with Gasteiger partial charge in [0.25, 0.3) is 0 Å². The first kappa shape index (κ1) is 10.5. The molecule has 0 atom stereocenters. The van der Waals surface area contributed by atoms with Crippen molar-refractivity contribution in [1.82, 2.24) is 14.8 Å². The highest BCUT2D eigenvalue weighted by Gasteiger charge is 2.06. The van der Waals surface area contributed by atoms with Crippen LogP contribution in [0.2, 0.25) is 0 Å². The normalized spacial score (nSPS) is 10.4. The van der Waals surface area contributed by atoms with Crippen LogP contribution in [0.15, 0.2) is 30.6 Å². The molecule has 2 rings (SSSR count). The van der Waals surface area contributed by atoms with Gasteiger partial charge in [0.15, 0.2) is 5.82 Å². The van der Waals surface area contributed by atoms with Crippen LogP contribution in [-0.2, 0) is 13.6 Å². The van der Waals surface area contributed by atoms with Gasteiger partial charge in [-0.2, -0.15) is 0 Å². The average molecular weight is 217 g/mol. The van der Waals surface area contributed by atoms with Crippen molar-refractivity contribution in [3.8, 4) is 0 Å². The molecule has 1 aromatic carbocycles. The zero-order chi connectivity index (χ0) is 11.5. The third-order valence-corrected chi connectivity index (χ3v) is 2.49. The van der Waals surface area contributed by atoms with Crippen LogP contribution >= 0.6 is 0 Å². The van der Waals surface area contributed by atoms with E-state index in [2.05, 4.69) is 15.1 Å². The number of nitrogens with two attached hydrogens (primary N) is 1. The lowest BCUT2D eigenvalue weighted by Gasteiger charge is -2.18. The Morgan fingerprint density at radius 3 is 2.88 bits per heavy atom. The fraction of sp³-hybridized carbons (Fsp3) is 0.273. The van der Waals surface area contributed by atoms with E-state index in [1.807, 2.05) is 42.9 Å². The van der Waals surface area contributed by atoms with E-state index in [1.54, 1.807) is 6.33 Å². The quantitative estimate of drug-likeness (QED) is 0.780. The second kappa shape index (κ2) is 4.22. The number of hydrogen-bond donors (Lipinski definition) is 1. The first-order valence-electron chi connectivity index (χ1n) is 5.06. The van der Waals surface area contributed by atoms with Crippen molar-refractivity contribution in [2.75, 3.05) is 17.7 Å². The van der Waals surface area contributed by atoms with E-state index in [-0.39, 0.29) is 0 Å². The zero-order valence-corrected chi connectivity index (χ0v) is 9.46. The van der Waals surface area contributed by atoms with Gasteiger partial charge >= 0.3 is 0 Å². The molecular weight excluding hydrogens is 202 g/mol. The van der Waals surface area contributed by atoms with Crippen LogP contribution in [0.3, 0.4) is 0 Å². The van der Waals surface area contributed by atoms with E-state index in [0.717, 1.165) is 17.2 Å². The summed E-state index contributed by atoms with van der Waals surface area (Å²) in [5, 5.41) is 7.89. The topological polar surface area (TPSA) is 60.0 Å². The highest BCUT2D eigenvalue weighted by atomic mass is 15.3. The molecule has 0 aliphatic carbocycles. The Balaban J connectivity index is 2.14. The minimum atomic E-state index is 0.708. The summed E-state index contributed by atoms with van der Waals surface area (Å²) in [6.07, 6.45) is 1.70. The van der Waals surface area contributed by atoms with Crippen LogP contribution in [0.1, 0.15) is 5.82 Å². The molecule has 1 heterocycles. The van der Waals surface area contributed by atoms with Crippen LogP contribution in [0, 0.1) is 0 Å². The van der Waals surface area contributed by atoms with Crippen LogP contribution in [-0.4, -0.2) is 21.8 Å². The van der Waals surface area contributed by atoms with E-state index in [1.165, 1.54) is 0 Å². The monoisotopic (exact) mass is 217 g/mol. The molecule has 1 aromatic heterocycles. The fourth-order valence-corrected chi connectivity index (χ4v) is 1.52. The number of anilines is 2. The molecule has 0 spiro atoms. The Morgan fingerprint density at radius 2 is 2.25 bits per heavy atom. The Kier molecular flexibility index (Phi) is 2.76. The van der Waals surface area contributed by atoms with Crippen molar-refractivity contribution in [3.05, 3.63) is 36.4 Å². The number of rotatable bonds is 3. The first-order chi connectivity index (χ1) is 7.66. The highest BCUT2D eigenvalue weighted by molar-refractivity contribution is 5.55. The third kappa shape index (κ3) is 2.13. The standard InChI is InChI=1S/C11H15N5/c1-15(7-11-14-13-8-16(11)2)10-5-3-4-9(12)6-10/h3-6,8H,7,12H2,1-2H3. The van der Waals surface area contributed by atoms with Crippen LogP contribution in [0.5, 0.6) is 0 Å². The van der Waals surface area contributed by atoms with Crippen molar-refractivity contribution in [1.29, 1.82) is 0 Å². The van der Waals surface area contributed by atoms with Gasteiger partial charge in [0.2, 0.25) is 0 Å². The maximum Gasteiger partial charge on any atom is 0.152 e. The molecule has 0 fully saturated rings. The molecule has 2 aromatic rings. The van der Waals surface area contributed by atoms with Crippen molar-refractivity contribution in [2.45, 2.75) is 6.54 Å². The predicted octanol–water partition coefficient (Wildman–Crippen LogP) is 1.03. The van der Waals surface area contributed by atoms with Gasteiger partial charge in [0.1, 0.15) is 6.33 Å². The molecule has 16 heavy (non-hydrogen) atoms. The van der Waals surface area contributed by atoms with Gasteiger partial charge in [-0.1, -0.05) is 6.07 Å². The Bertz CT molecular complexity index is 477.